The first-order valence-corrected chi connectivity index (χ1v) is 8.64. The van der Waals surface area contributed by atoms with Gasteiger partial charge in [0.25, 0.3) is 0 Å². The van der Waals surface area contributed by atoms with E-state index < -0.39 is 5.60 Å². The highest BCUT2D eigenvalue weighted by atomic mass is 35.5. The molecule has 1 unspecified atom stereocenters. The molecule has 0 radical (unpaired) electrons. The summed E-state index contributed by atoms with van der Waals surface area (Å²) in [5.74, 6) is 0.924. The number of nitrogens with one attached hydrogen (secondary N) is 1. The van der Waals surface area contributed by atoms with E-state index in [0.717, 1.165) is 22.4 Å². The second kappa shape index (κ2) is 5.26. The van der Waals surface area contributed by atoms with Gasteiger partial charge in [-0.25, -0.2) is 4.79 Å². The molecule has 1 spiro atoms. The summed E-state index contributed by atoms with van der Waals surface area (Å²) in [6.07, 6.45) is 0. The molecule has 0 aliphatic carbocycles. The van der Waals surface area contributed by atoms with Gasteiger partial charge in [-0.05, 0) is 36.4 Å². The van der Waals surface area contributed by atoms with Crippen LogP contribution in [0.15, 0.2) is 60.7 Å². The maximum absolute atomic E-state index is 12.7. The first-order chi connectivity index (χ1) is 12.6. The predicted molar refractivity (Wildman–Crippen MR) is 99.3 cm³/mol. The highest BCUT2D eigenvalue weighted by Gasteiger charge is 2.53. The molecule has 3 aromatic rings. The number of halogens is 1. The van der Waals surface area contributed by atoms with E-state index >= 15 is 0 Å². The van der Waals surface area contributed by atoms with Gasteiger partial charge in [-0.2, -0.15) is 0 Å². The van der Waals surface area contributed by atoms with Gasteiger partial charge in [-0.3, -0.25) is 0 Å². The molecule has 26 heavy (non-hydrogen) atoms. The average Bonchev–Trinajstić information content (AvgIpc) is 2.96. The van der Waals surface area contributed by atoms with Crippen molar-refractivity contribution in [3.63, 3.8) is 0 Å². The highest BCUT2D eigenvalue weighted by Crippen LogP contribution is 2.56. The van der Waals surface area contributed by atoms with Crippen molar-refractivity contribution in [3.8, 4) is 11.5 Å². The van der Waals surface area contributed by atoms with Crippen molar-refractivity contribution in [2.45, 2.75) is 5.60 Å². The van der Waals surface area contributed by atoms with Crippen LogP contribution in [0.3, 0.4) is 0 Å². The minimum atomic E-state index is -1.06. The summed E-state index contributed by atoms with van der Waals surface area (Å²) >= 11 is 6.27. The molecule has 5 heteroatoms. The second-order valence-corrected chi connectivity index (χ2v) is 6.76. The number of esters is 1. The molecule has 2 heterocycles. The van der Waals surface area contributed by atoms with Crippen LogP contribution in [-0.4, -0.2) is 13.0 Å². The minimum Gasteiger partial charge on any atom is -0.456 e. The zero-order valence-corrected chi connectivity index (χ0v) is 14.6. The van der Waals surface area contributed by atoms with Crippen LogP contribution in [0.4, 0.5) is 5.69 Å². The van der Waals surface area contributed by atoms with Crippen molar-refractivity contribution in [1.29, 1.82) is 0 Å². The first-order valence-electron chi connectivity index (χ1n) is 8.26. The SMILES string of the molecule is CNc1ccc2c(c1)Oc1ccc(Cl)cc1C21OC(=O)c2ccccc21. The van der Waals surface area contributed by atoms with Crippen LogP contribution in [0.2, 0.25) is 5.02 Å². The Balaban J connectivity index is 1.89. The molecule has 3 aromatic carbocycles. The molecule has 0 saturated carbocycles. The minimum absolute atomic E-state index is 0.350. The molecular formula is C21H14ClNO3. The molecule has 5 rings (SSSR count). The van der Waals surface area contributed by atoms with Crippen molar-refractivity contribution in [2.75, 3.05) is 12.4 Å². The predicted octanol–water partition coefficient (Wildman–Crippen LogP) is 4.95. The molecule has 4 nitrogen and oxygen atoms in total. The summed E-state index contributed by atoms with van der Waals surface area (Å²) in [5, 5.41) is 3.67. The number of rotatable bonds is 1. The zero-order chi connectivity index (χ0) is 17.9. The molecule has 0 bridgehead atoms. The Morgan fingerprint density at radius 2 is 1.77 bits per heavy atom. The largest absolute Gasteiger partial charge is 0.456 e. The van der Waals surface area contributed by atoms with Gasteiger partial charge >= 0.3 is 5.97 Å². The highest BCUT2D eigenvalue weighted by molar-refractivity contribution is 6.30. The van der Waals surface area contributed by atoms with E-state index in [2.05, 4.69) is 5.32 Å². The molecule has 0 saturated heterocycles. The number of benzene rings is 3. The Hall–Kier alpha value is -2.98. The van der Waals surface area contributed by atoms with Crippen molar-refractivity contribution in [2.24, 2.45) is 0 Å². The van der Waals surface area contributed by atoms with E-state index in [1.54, 1.807) is 18.2 Å². The van der Waals surface area contributed by atoms with Crippen LogP contribution >= 0.6 is 11.6 Å². The zero-order valence-electron chi connectivity index (χ0n) is 13.9. The molecule has 0 fully saturated rings. The Morgan fingerprint density at radius 3 is 2.62 bits per heavy atom. The van der Waals surface area contributed by atoms with Crippen LogP contribution < -0.4 is 10.1 Å². The summed E-state index contributed by atoms with van der Waals surface area (Å²) < 4.78 is 12.2. The van der Waals surface area contributed by atoms with Gasteiger partial charge in [0.15, 0.2) is 5.60 Å². The number of anilines is 1. The second-order valence-electron chi connectivity index (χ2n) is 6.32. The van der Waals surface area contributed by atoms with Gasteiger partial charge in [0.1, 0.15) is 11.5 Å². The number of hydrogen-bond acceptors (Lipinski definition) is 4. The first kappa shape index (κ1) is 15.3. The number of fused-ring (bicyclic) bond motifs is 6. The summed E-state index contributed by atoms with van der Waals surface area (Å²) in [6, 6.07) is 18.6. The van der Waals surface area contributed by atoms with E-state index in [4.69, 9.17) is 21.1 Å². The van der Waals surface area contributed by atoms with E-state index in [1.807, 2.05) is 49.5 Å². The van der Waals surface area contributed by atoms with E-state index in [1.165, 1.54) is 0 Å². The number of ether oxygens (including phenoxy) is 2. The van der Waals surface area contributed by atoms with E-state index in [9.17, 15) is 4.79 Å². The summed E-state index contributed by atoms with van der Waals surface area (Å²) in [7, 11) is 1.85. The van der Waals surface area contributed by atoms with Gasteiger partial charge in [0.05, 0.1) is 5.56 Å². The third kappa shape index (κ3) is 1.88. The molecule has 1 atom stereocenters. The van der Waals surface area contributed by atoms with Crippen LogP contribution in [0.5, 0.6) is 11.5 Å². The number of carbonyl (C=O) groups excluding carboxylic acids is 1. The lowest BCUT2D eigenvalue weighted by Crippen LogP contribution is -2.33. The molecule has 0 amide bonds. The Kier molecular flexibility index (Phi) is 3.09. The van der Waals surface area contributed by atoms with Gasteiger partial charge in [0, 0.05) is 40.5 Å². The van der Waals surface area contributed by atoms with Crippen molar-refractivity contribution >= 4 is 23.3 Å². The van der Waals surface area contributed by atoms with E-state index in [-0.39, 0.29) is 5.97 Å². The number of carbonyl (C=O) groups is 1. The lowest BCUT2D eigenvalue weighted by molar-refractivity contribution is 0.0224. The van der Waals surface area contributed by atoms with Crippen LogP contribution in [0.1, 0.15) is 27.0 Å². The Morgan fingerprint density at radius 1 is 0.923 bits per heavy atom. The van der Waals surface area contributed by atoms with Gasteiger partial charge in [-0.1, -0.05) is 29.8 Å². The molecule has 128 valence electrons. The molecule has 0 aromatic heterocycles. The van der Waals surface area contributed by atoms with E-state index in [0.29, 0.717) is 22.1 Å². The fourth-order valence-corrected chi connectivity index (χ4v) is 3.97. The standard InChI is InChI=1S/C21H14ClNO3/c1-23-13-7-8-16-19(11-13)25-18-9-6-12(22)10-17(18)21(16)15-5-3-2-4-14(15)20(24)26-21/h2-11,23H,1H3. The monoisotopic (exact) mass is 363 g/mol. The lowest BCUT2D eigenvalue weighted by atomic mass is 9.77. The third-order valence-electron chi connectivity index (χ3n) is 4.96. The summed E-state index contributed by atoms with van der Waals surface area (Å²) in [4.78, 5) is 12.7. The molecule has 1 N–H and O–H groups in total. The normalized spacial score (nSPS) is 19.2. The Labute approximate surface area is 155 Å². The lowest BCUT2D eigenvalue weighted by Gasteiger charge is -2.36. The molecule has 2 aliphatic rings. The maximum Gasteiger partial charge on any atom is 0.340 e. The molecular weight excluding hydrogens is 350 g/mol. The number of hydrogen-bond donors (Lipinski definition) is 1. The smallest absolute Gasteiger partial charge is 0.340 e. The summed E-state index contributed by atoms with van der Waals surface area (Å²) in [5.41, 5.74) is 2.72. The topological polar surface area (TPSA) is 47.6 Å². The van der Waals surface area contributed by atoms with Gasteiger partial charge < -0.3 is 14.8 Å². The van der Waals surface area contributed by atoms with Gasteiger partial charge in [-0.15, -0.1) is 0 Å². The van der Waals surface area contributed by atoms with Crippen LogP contribution in [-0.2, 0) is 10.3 Å². The average molecular weight is 364 g/mol. The summed E-state index contributed by atoms with van der Waals surface area (Å²) in [6.45, 7) is 0. The van der Waals surface area contributed by atoms with Crippen LogP contribution in [0, 0.1) is 0 Å². The van der Waals surface area contributed by atoms with Crippen molar-refractivity contribution in [1.82, 2.24) is 0 Å². The van der Waals surface area contributed by atoms with Gasteiger partial charge in [0.2, 0.25) is 0 Å². The third-order valence-corrected chi connectivity index (χ3v) is 5.20. The Bertz CT molecular complexity index is 1080. The maximum atomic E-state index is 12.7. The van der Waals surface area contributed by atoms with Crippen molar-refractivity contribution in [3.05, 3.63) is 87.9 Å². The quantitative estimate of drug-likeness (QED) is 0.621. The fourth-order valence-electron chi connectivity index (χ4n) is 3.80. The fraction of sp³-hybridized carbons (Fsp3) is 0.0952. The van der Waals surface area contributed by atoms with Crippen molar-refractivity contribution < 1.29 is 14.3 Å². The van der Waals surface area contributed by atoms with Crippen LogP contribution in [0.25, 0.3) is 0 Å². The molecule has 2 aliphatic heterocycles.